The molecule has 1 aromatic carbocycles. The van der Waals surface area contributed by atoms with E-state index in [0.717, 1.165) is 30.6 Å². The monoisotopic (exact) mass is 363 g/mol. The van der Waals surface area contributed by atoms with Crippen LogP contribution in [0.15, 0.2) is 18.2 Å². The topological polar surface area (TPSA) is 55.8 Å². The Bertz CT molecular complexity index is 740. The van der Waals surface area contributed by atoms with Gasteiger partial charge < -0.3 is 14.4 Å². The number of hydrogen-bond donors (Lipinski definition) is 0. The number of hydrogen-bond acceptors (Lipinski definition) is 5. The summed E-state index contributed by atoms with van der Waals surface area (Å²) < 4.78 is 11.1. The quantitative estimate of drug-likeness (QED) is 0.522. The van der Waals surface area contributed by atoms with Crippen molar-refractivity contribution < 1.29 is 19.1 Å². The van der Waals surface area contributed by atoms with Gasteiger partial charge in [-0.15, -0.1) is 0 Å². The fourth-order valence-corrected chi connectivity index (χ4v) is 4.58. The van der Waals surface area contributed by atoms with Gasteiger partial charge in [-0.1, -0.05) is 24.6 Å². The SMILES string of the molecule is C[C@@H]1CCN2c3cc(Cl)ccc3CC3(C(=O)OC(C)(C)OC3=O)[C@@H]2C1. The fraction of sp³-hybridized carbons (Fsp3) is 0.579. The van der Waals surface area contributed by atoms with Crippen LogP contribution in [-0.4, -0.2) is 30.3 Å². The first-order chi connectivity index (χ1) is 11.7. The molecule has 0 amide bonds. The molecule has 25 heavy (non-hydrogen) atoms. The predicted molar refractivity (Wildman–Crippen MR) is 93.4 cm³/mol. The summed E-state index contributed by atoms with van der Waals surface area (Å²) >= 11 is 6.20. The van der Waals surface area contributed by atoms with Crippen molar-refractivity contribution in [2.45, 2.75) is 51.9 Å². The highest BCUT2D eigenvalue weighted by atomic mass is 35.5. The zero-order chi connectivity index (χ0) is 18.0. The molecule has 0 saturated carbocycles. The Balaban J connectivity index is 1.86. The molecule has 2 saturated heterocycles. The smallest absolute Gasteiger partial charge is 0.329 e. The molecular weight excluding hydrogens is 342 g/mol. The minimum Gasteiger partial charge on any atom is -0.422 e. The van der Waals surface area contributed by atoms with Gasteiger partial charge in [-0.25, -0.2) is 0 Å². The lowest BCUT2D eigenvalue weighted by molar-refractivity contribution is -0.253. The average molecular weight is 364 g/mol. The number of piperidine rings is 1. The first-order valence-electron chi connectivity index (χ1n) is 8.75. The molecule has 3 aliphatic rings. The molecule has 0 aromatic heterocycles. The fourth-order valence-electron chi connectivity index (χ4n) is 4.42. The number of esters is 2. The van der Waals surface area contributed by atoms with Gasteiger partial charge in [0.2, 0.25) is 0 Å². The molecule has 0 unspecified atom stereocenters. The third-order valence-electron chi connectivity index (χ3n) is 5.67. The van der Waals surface area contributed by atoms with Gasteiger partial charge in [0.15, 0.2) is 5.41 Å². The van der Waals surface area contributed by atoms with Crippen LogP contribution in [-0.2, 0) is 25.5 Å². The second-order valence-electron chi connectivity index (χ2n) is 7.94. The van der Waals surface area contributed by atoms with Crippen LogP contribution in [0.25, 0.3) is 0 Å². The van der Waals surface area contributed by atoms with Crippen molar-refractivity contribution in [3.63, 3.8) is 0 Å². The molecule has 5 nitrogen and oxygen atoms in total. The van der Waals surface area contributed by atoms with Crippen molar-refractivity contribution >= 4 is 29.2 Å². The molecule has 3 heterocycles. The Morgan fingerprint density at radius 3 is 2.56 bits per heavy atom. The van der Waals surface area contributed by atoms with Crippen LogP contribution in [0.4, 0.5) is 5.69 Å². The summed E-state index contributed by atoms with van der Waals surface area (Å²) in [4.78, 5) is 28.3. The van der Waals surface area contributed by atoms with Crippen molar-refractivity contribution in [2.75, 3.05) is 11.4 Å². The summed E-state index contributed by atoms with van der Waals surface area (Å²) in [6.45, 7) is 6.12. The van der Waals surface area contributed by atoms with Crippen LogP contribution in [0.3, 0.4) is 0 Å². The number of carbonyl (C=O) groups is 2. The summed E-state index contributed by atoms with van der Waals surface area (Å²) in [5.74, 6) is -1.74. The summed E-state index contributed by atoms with van der Waals surface area (Å²) in [6, 6.07) is 5.35. The molecule has 0 bridgehead atoms. The van der Waals surface area contributed by atoms with Crippen LogP contribution in [0, 0.1) is 11.3 Å². The molecule has 0 N–H and O–H groups in total. The van der Waals surface area contributed by atoms with Crippen LogP contribution < -0.4 is 4.90 Å². The van der Waals surface area contributed by atoms with E-state index in [2.05, 4.69) is 11.8 Å². The van der Waals surface area contributed by atoms with Crippen LogP contribution in [0.1, 0.15) is 39.2 Å². The van der Waals surface area contributed by atoms with Gasteiger partial charge in [0, 0.05) is 37.5 Å². The summed E-state index contributed by atoms with van der Waals surface area (Å²) in [5, 5.41) is 0.655. The lowest BCUT2D eigenvalue weighted by Gasteiger charge is -2.54. The van der Waals surface area contributed by atoms with Gasteiger partial charge in [0.25, 0.3) is 5.79 Å². The molecule has 1 spiro atoms. The maximum Gasteiger partial charge on any atom is 0.329 e. The molecule has 4 rings (SSSR count). The number of halogens is 1. The Kier molecular flexibility index (Phi) is 3.59. The molecule has 2 atom stereocenters. The largest absolute Gasteiger partial charge is 0.422 e. The maximum atomic E-state index is 13.1. The van der Waals surface area contributed by atoms with E-state index >= 15 is 0 Å². The van der Waals surface area contributed by atoms with Gasteiger partial charge in [-0.05, 0) is 36.5 Å². The van der Waals surface area contributed by atoms with E-state index in [4.69, 9.17) is 21.1 Å². The first-order valence-corrected chi connectivity index (χ1v) is 9.13. The summed E-state index contributed by atoms with van der Waals surface area (Å²) in [7, 11) is 0. The molecule has 134 valence electrons. The van der Waals surface area contributed by atoms with E-state index in [9.17, 15) is 9.59 Å². The van der Waals surface area contributed by atoms with E-state index in [1.807, 2.05) is 12.1 Å². The lowest BCUT2D eigenvalue weighted by Crippen LogP contribution is -2.67. The molecule has 1 aromatic rings. The second-order valence-corrected chi connectivity index (χ2v) is 8.38. The van der Waals surface area contributed by atoms with Crippen molar-refractivity contribution in [1.82, 2.24) is 0 Å². The standard InChI is InChI=1S/C19H22ClNO4/c1-11-6-7-21-14-9-13(20)5-4-12(14)10-19(15(21)8-11)16(22)24-18(2,3)25-17(19)23/h4-5,9,11,15H,6-8,10H2,1-3H3/t11-,15+/m1/s1. The molecular formula is C19H22ClNO4. The Morgan fingerprint density at radius 2 is 1.88 bits per heavy atom. The highest BCUT2D eigenvalue weighted by molar-refractivity contribution is 6.30. The van der Waals surface area contributed by atoms with E-state index in [1.54, 1.807) is 19.9 Å². The van der Waals surface area contributed by atoms with Gasteiger partial charge in [0.1, 0.15) is 0 Å². The van der Waals surface area contributed by atoms with Gasteiger partial charge >= 0.3 is 11.9 Å². The van der Waals surface area contributed by atoms with Crippen LogP contribution in [0.2, 0.25) is 5.02 Å². The third-order valence-corrected chi connectivity index (χ3v) is 5.90. The highest BCUT2D eigenvalue weighted by Gasteiger charge is 2.64. The molecule has 0 aliphatic carbocycles. The molecule has 3 aliphatic heterocycles. The van der Waals surface area contributed by atoms with Gasteiger partial charge in [-0.3, -0.25) is 9.59 Å². The number of rotatable bonds is 0. The normalized spacial score (nSPS) is 29.5. The first kappa shape index (κ1) is 16.7. The Morgan fingerprint density at radius 1 is 1.20 bits per heavy atom. The van der Waals surface area contributed by atoms with Crippen molar-refractivity contribution in [3.8, 4) is 0 Å². The van der Waals surface area contributed by atoms with Crippen molar-refractivity contribution in [1.29, 1.82) is 0 Å². The Hall–Kier alpha value is -1.75. The number of cyclic esters (lactones) is 2. The second kappa shape index (κ2) is 5.37. The van der Waals surface area contributed by atoms with Crippen LogP contribution in [0.5, 0.6) is 0 Å². The summed E-state index contributed by atoms with van der Waals surface area (Å²) in [6.07, 6.45) is 2.05. The zero-order valence-corrected chi connectivity index (χ0v) is 15.4. The predicted octanol–water partition coefficient (Wildman–Crippen LogP) is 3.32. The number of nitrogens with zero attached hydrogens (tertiary/aromatic N) is 1. The zero-order valence-electron chi connectivity index (χ0n) is 14.7. The summed E-state index contributed by atoms with van der Waals surface area (Å²) in [5.41, 5.74) is 0.648. The van der Waals surface area contributed by atoms with Gasteiger partial charge in [0.05, 0.1) is 6.04 Å². The van der Waals surface area contributed by atoms with E-state index in [1.165, 1.54) is 0 Å². The minimum atomic E-state index is -1.30. The highest BCUT2D eigenvalue weighted by Crippen LogP contribution is 2.50. The van der Waals surface area contributed by atoms with Crippen molar-refractivity contribution in [3.05, 3.63) is 28.8 Å². The minimum absolute atomic E-state index is 0.265. The molecule has 0 radical (unpaired) electrons. The van der Waals surface area contributed by atoms with E-state index < -0.39 is 23.1 Å². The number of anilines is 1. The van der Waals surface area contributed by atoms with E-state index in [-0.39, 0.29) is 6.04 Å². The molecule has 2 fully saturated rings. The maximum absolute atomic E-state index is 13.1. The average Bonchev–Trinajstić information content (AvgIpc) is 2.51. The number of carbonyl (C=O) groups excluding carboxylic acids is 2. The number of benzene rings is 1. The lowest BCUT2D eigenvalue weighted by atomic mass is 9.66. The number of ether oxygens (including phenoxy) is 2. The van der Waals surface area contributed by atoms with Crippen LogP contribution >= 0.6 is 11.6 Å². The Labute approximate surface area is 152 Å². The van der Waals surface area contributed by atoms with Gasteiger partial charge in [-0.2, -0.15) is 0 Å². The third kappa shape index (κ3) is 2.43. The molecule has 6 heteroatoms. The number of fused-ring (bicyclic) bond motifs is 4. The van der Waals surface area contributed by atoms with E-state index in [0.29, 0.717) is 17.4 Å². The van der Waals surface area contributed by atoms with Crippen molar-refractivity contribution in [2.24, 2.45) is 11.3 Å².